The minimum Gasteiger partial charge on any atom is -0.497 e. The van der Waals surface area contributed by atoms with E-state index in [1.807, 2.05) is 24.3 Å². The van der Waals surface area contributed by atoms with Crippen LogP contribution in [0, 0.1) is 0 Å². The van der Waals surface area contributed by atoms with Gasteiger partial charge in [-0.3, -0.25) is 4.90 Å². The van der Waals surface area contributed by atoms with Gasteiger partial charge >= 0.3 is 5.97 Å². The fourth-order valence-electron chi connectivity index (χ4n) is 3.42. The summed E-state index contributed by atoms with van der Waals surface area (Å²) in [6.07, 6.45) is 0.698. The van der Waals surface area contributed by atoms with Gasteiger partial charge in [0.25, 0.3) is 0 Å². The first-order valence-electron chi connectivity index (χ1n) is 9.58. The Hall–Kier alpha value is -2.13. The Morgan fingerprint density at radius 3 is 2.43 bits per heavy atom. The molecule has 0 N–H and O–H groups in total. The molecule has 3 rings (SSSR count). The lowest BCUT2D eigenvalue weighted by Gasteiger charge is -2.22. The van der Waals surface area contributed by atoms with Gasteiger partial charge in [0.05, 0.1) is 24.8 Å². The number of hydrogen-bond acceptors (Lipinski definition) is 6. The maximum absolute atomic E-state index is 13.2. The summed E-state index contributed by atoms with van der Waals surface area (Å²) in [5.74, 6) is 0.197. The number of benzene rings is 2. The molecule has 0 aromatic heterocycles. The average Bonchev–Trinajstić information content (AvgIpc) is 3.00. The molecule has 9 heteroatoms. The molecule has 0 saturated carbocycles. The zero-order chi connectivity index (χ0) is 21.7. The third-order valence-corrected chi connectivity index (χ3v) is 7.46. The first kappa shape index (κ1) is 22.6. The highest BCUT2D eigenvalue weighted by atomic mass is 35.5. The van der Waals surface area contributed by atoms with Crippen molar-refractivity contribution < 1.29 is 22.7 Å². The molecule has 0 radical (unpaired) electrons. The Balaban J connectivity index is 1.73. The predicted octanol–water partition coefficient (Wildman–Crippen LogP) is 3.03. The fourth-order valence-corrected chi connectivity index (χ4v) is 5.39. The van der Waals surface area contributed by atoms with Crippen LogP contribution in [0.25, 0.3) is 0 Å². The minimum atomic E-state index is -3.84. The quantitative estimate of drug-likeness (QED) is 0.627. The van der Waals surface area contributed by atoms with E-state index < -0.39 is 16.0 Å². The van der Waals surface area contributed by atoms with Crippen molar-refractivity contribution in [2.75, 3.05) is 40.4 Å². The number of esters is 1. The Bertz CT molecular complexity index is 995. The number of methoxy groups -OCH3 is 2. The van der Waals surface area contributed by atoms with Crippen LogP contribution in [0.15, 0.2) is 47.4 Å². The van der Waals surface area contributed by atoms with Crippen molar-refractivity contribution in [1.29, 1.82) is 0 Å². The second-order valence-corrected chi connectivity index (χ2v) is 9.33. The number of nitrogens with zero attached hydrogens (tertiary/aromatic N) is 2. The maximum Gasteiger partial charge on any atom is 0.337 e. The lowest BCUT2D eigenvalue weighted by atomic mass is 10.2. The molecule has 1 heterocycles. The highest BCUT2D eigenvalue weighted by Gasteiger charge is 2.29. The monoisotopic (exact) mass is 452 g/mol. The van der Waals surface area contributed by atoms with Crippen molar-refractivity contribution in [3.8, 4) is 5.75 Å². The topological polar surface area (TPSA) is 76.2 Å². The van der Waals surface area contributed by atoms with Gasteiger partial charge in [0.2, 0.25) is 10.0 Å². The predicted molar refractivity (Wildman–Crippen MR) is 114 cm³/mol. The number of halogens is 1. The van der Waals surface area contributed by atoms with Gasteiger partial charge in [-0.1, -0.05) is 23.7 Å². The van der Waals surface area contributed by atoms with Crippen LogP contribution in [0.2, 0.25) is 5.02 Å². The van der Waals surface area contributed by atoms with E-state index in [1.54, 1.807) is 7.11 Å². The lowest BCUT2D eigenvalue weighted by Crippen LogP contribution is -2.35. The number of sulfonamides is 1. The molecule has 0 amide bonds. The molecule has 0 aliphatic carbocycles. The van der Waals surface area contributed by atoms with E-state index >= 15 is 0 Å². The van der Waals surface area contributed by atoms with Crippen LogP contribution in [-0.2, 0) is 21.3 Å². The fraction of sp³-hybridized carbons (Fsp3) is 0.381. The van der Waals surface area contributed by atoms with Crippen LogP contribution in [0.5, 0.6) is 5.75 Å². The van der Waals surface area contributed by atoms with E-state index in [9.17, 15) is 13.2 Å². The second-order valence-electron chi connectivity index (χ2n) is 7.02. The van der Waals surface area contributed by atoms with Crippen LogP contribution in [0.1, 0.15) is 22.3 Å². The average molecular weight is 453 g/mol. The molecule has 1 saturated heterocycles. The maximum atomic E-state index is 13.2. The molecule has 30 heavy (non-hydrogen) atoms. The molecule has 162 valence electrons. The zero-order valence-corrected chi connectivity index (χ0v) is 18.6. The summed E-state index contributed by atoms with van der Waals surface area (Å²) in [7, 11) is -0.957. The molecule has 0 atom stereocenters. The molecule has 1 aliphatic rings. The number of carbonyl (C=O) groups excluding carboxylic acids is 1. The van der Waals surface area contributed by atoms with E-state index in [2.05, 4.69) is 9.64 Å². The Morgan fingerprint density at radius 1 is 1.03 bits per heavy atom. The van der Waals surface area contributed by atoms with Gasteiger partial charge in [0.1, 0.15) is 10.6 Å². The number of ether oxygens (including phenoxy) is 2. The smallest absolute Gasteiger partial charge is 0.337 e. The van der Waals surface area contributed by atoms with E-state index in [0.29, 0.717) is 26.1 Å². The minimum absolute atomic E-state index is 0.0735. The molecular weight excluding hydrogens is 428 g/mol. The first-order chi connectivity index (χ1) is 14.3. The van der Waals surface area contributed by atoms with Crippen molar-refractivity contribution in [1.82, 2.24) is 9.21 Å². The highest BCUT2D eigenvalue weighted by molar-refractivity contribution is 7.89. The van der Waals surface area contributed by atoms with Crippen LogP contribution in [-0.4, -0.2) is 64.0 Å². The number of carbonyl (C=O) groups is 1. The summed E-state index contributed by atoms with van der Waals surface area (Å²) < 4.78 is 37.7. The van der Waals surface area contributed by atoms with Gasteiger partial charge in [-0.15, -0.1) is 0 Å². The van der Waals surface area contributed by atoms with Gasteiger partial charge < -0.3 is 9.47 Å². The summed E-state index contributed by atoms with van der Waals surface area (Å²) in [6.45, 7) is 2.85. The SMILES string of the molecule is COC(=O)c1ccc(Cl)c(S(=O)(=O)N2CCCN(Cc3ccc(OC)cc3)CC2)c1. The molecule has 0 bridgehead atoms. The number of rotatable bonds is 6. The van der Waals surface area contributed by atoms with E-state index in [4.69, 9.17) is 16.3 Å². The van der Waals surface area contributed by atoms with Crippen molar-refractivity contribution in [3.63, 3.8) is 0 Å². The van der Waals surface area contributed by atoms with Gasteiger partial charge in [-0.2, -0.15) is 4.31 Å². The number of hydrogen-bond donors (Lipinski definition) is 0. The largest absolute Gasteiger partial charge is 0.497 e. The van der Waals surface area contributed by atoms with Gasteiger partial charge in [0, 0.05) is 26.2 Å². The van der Waals surface area contributed by atoms with E-state index in [0.717, 1.165) is 24.4 Å². The zero-order valence-electron chi connectivity index (χ0n) is 17.0. The van der Waals surface area contributed by atoms with Crippen LogP contribution >= 0.6 is 11.6 Å². The van der Waals surface area contributed by atoms with E-state index in [1.165, 1.54) is 29.6 Å². The lowest BCUT2D eigenvalue weighted by molar-refractivity contribution is 0.0600. The summed E-state index contributed by atoms with van der Waals surface area (Å²) in [5.41, 5.74) is 1.29. The highest BCUT2D eigenvalue weighted by Crippen LogP contribution is 2.27. The van der Waals surface area contributed by atoms with Crippen molar-refractivity contribution in [3.05, 3.63) is 58.6 Å². The molecule has 0 spiro atoms. The summed E-state index contributed by atoms with van der Waals surface area (Å²) in [5, 5.41) is 0.0852. The molecular formula is C21H25ClN2O5S. The molecule has 2 aromatic carbocycles. The van der Waals surface area contributed by atoms with Crippen LogP contribution in [0.4, 0.5) is 0 Å². The Labute approximate surface area is 182 Å². The van der Waals surface area contributed by atoms with Crippen molar-refractivity contribution >= 4 is 27.6 Å². The van der Waals surface area contributed by atoms with Crippen molar-refractivity contribution in [2.24, 2.45) is 0 Å². The summed E-state index contributed by atoms with van der Waals surface area (Å²) >= 11 is 6.17. The molecule has 7 nitrogen and oxygen atoms in total. The molecule has 1 fully saturated rings. The van der Waals surface area contributed by atoms with Gasteiger partial charge in [-0.25, -0.2) is 13.2 Å². The van der Waals surface area contributed by atoms with Crippen molar-refractivity contribution in [2.45, 2.75) is 17.9 Å². The summed E-state index contributed by atoms with van der Waals surface area (Å²) in [6, 6.07) is 12.0. The second kappa shape index (κ2) is 9.78. The van der Waals surface area contributed by atoms with Crippen LogP contribution < -0.4 is 4.74 Å². The normalized spacial score (nSPS) is 16.1. The molecule has 1 aliphatic heterocycles. The van der Waals surface area contributed by atoms with Crippen LogP contribution in [0.3, 0.4) is 0 Å². The standard InChI is InChI=1S/C21H25ClN2O5S/c1-28-18-7-4-16(5-8-18)15-23-10-3-11-24(13-12-23)30(26,27)20-14-17(21(25)29-2)6-9-19(20)22/h4-9,14H,3,10-13,15H2,1-2H3. The van der Waals surface area contributed by atoms with Gasteiger partial charge in [0.15, 0.2) is 0 Å². The molecule has 0 unspecified atom stereocenters. The van der Waals surface area contributed by atoms with Gasteiger partial charge in [-0.05, 0) is 48.9 Å². The Morgan fingerprint density at radius 2 is 1.77 bits per heavy atom. The third-order valence-electron chi connectivity index (χ3n) is 5.08. The third kappa shape index (κ3) is 5.13. The summed E-state index contributed by atoms with van der Waals surface area (Å²) in [4.78, 5) is 14.0. The first-order valence-corrected chi connectivity index (χ1v) is 11.4. The Kier molecular flexibility index (Phi) is 7.36. The van der Waals surface area contributed by atoms with E-state index in [-0.39, 0.29) is 15.5 Å². The molecule has 2 aromatic rings.